The molecular formula is C12H17N5. The van der Waals surface area contributed by atoms with Crippen LogP contribution in [-0.2, 0) is 6.54 Å². The smallest absolute Gasteiger partial charge is 0.161 e. The third-order valence-electron chi connectivity index (χ3n) is 3.26. The molecule has 5 heteroatoms. The molecule has 0 spiro atoms. The van der Waals surface area contributed by atoms with Gasteiger partial charge in [-0.25, -0.2) is 0 Å². The number of nitrogens with one attached hydrogen (secondary N) is 1. The molecule has 0 unspecified atom stereocenters. The normalized spacial score (nSPS) is 17.7. The summed E-state index contributed by atoms with van der Waals surface area (Å²) in [6, 6.07) is 4.29. The van der Waals surface area contributed by atoms with Crippen molar-refractivity contribution < 1.29 is 0 Å². The van der Waals surface area contributed by atoms with Crippen LogP contribution in [0.1, 0.15) is 11.4 Å². The lowest BCUT2D eigenvalue weighted by Crippen LogP contribution is -2.42. The quantitative estimate of drug-likeness (QED) is 0.815. The van der Waals surface area contributed by atoms with Gasteiger partial charge in [0, 0.05) is 38.9 Å². The summed E-state index contributed by atoms with van der Waals surface area (Å²) in [6.07, 6.45) is 2.06. The minimum absolute atomic E-state index is 0.939. The highest BCUT2D eigenvalue weighted by molar-refractivity contribution is 5.41. The van der Waals surface area contributed by atoms with Gasteiger partial charge in [-0.05, 0) is 24.6 Å². The van der Waals surface area contributed by atoms with Crippen LogP contribution in [0, 0.1) is 6.92 Å². The lowest BCUT2D eigenvalue weighted by Gasteiger charge is -2.27. The number of aryl methyl sites for hydroxylation is 1. The minimum Gasteiger partial charge on any atom is -0.314 e. The van der Waals surface area contributed by atoms with Crippen molar-refractivity contribution in [1.82, 2.24) is 24.8 Å². The van der Waals surface area contributed by atoms with E-state index in [4.69, 9.17) is 0 Å². The Labute approximate surface area is 100 Å². The Balaban J connectivity index is 1.80. The third kappa shape index (κ3) is 2.16. The number of aromatic nitrogens is 3. The van der Waals surface area contributed by atoms with Crippen LogP contribution in [0.25, 0.3) is 5.65 Å². The van der Waals surface area contributed by atoms with Gasteiger partial charge in [-0.15, -0.1) is 10.2 Å². The summed E-state index contributed by atoms with van der Waals surface area (Å²) in [6.45, 7) is 7.40. The summed E-state index contributed by atoms with van der Waals surface area (Å²) >= 11 is 0. The molecule has 3 rings (SSSR count). The van der Waals surface area contributed by atoms with Crippen LogP contribution in [0.3, 0.4) is 0 Å². The number of nitrogens with zero attached hydrogens (tertiary/aromatic N) is 4. The zero-order valence-corrected chi connectivity index (χ0v) is 10.1. The van der Waals surface area contributed by atoms with Crippen molar-refractivity contribution in [2.24, 2.45) is 0 Å². The van der Waals surface area contributed by atoms with E-state index in [-0.39, 0.29) is 0 Å². The van der Waals surface area contributed by atoms with Crippen molar-refractivity contribution >= 4 is 5.65 Å². The Bertz CT molecular complexity index is 513. The van der Waals surface area contributed by atoms with E-state index < -0.39 is 0 Å². The standard InChI is InChI=1S/C12H17N5/c1-10-14-15-12-8-11(2-5-17(10)12)9-16-6-3-13-4-7-16/h2,5,8,13H,3-4,6-7,9H2,1H3. The van der Waals surface area contributed by atoms with Crippen molar-refractivity contribution in [3.63, 3.8) is 0 Å². The van der Waals surface area contributed by atoms with E-state index in [1.54, 1.807) is 0 Å². The molecule has 0 radical (unpaired) electrons. The molecular weight excluding hydrogens is 214 g/mol. The minimum atomic E-state index is 0.939. The largest absolute Gasteiger partial charge is 0.314 e. The average molecular weight is 231 g/mol. The van der Waals surface area contributed by atoms with Crippen LogP contribution in [0.5, 0.6) is 0 Å². The fourth-order valence-corrected chi connectivity index (χ4v) is 2.28. The van der Waals surface area contributed by atoms with Gasteiger partial charge in [-0.3, -0.25) is 9.30 Å². The molecule has 0 amide bonds. The van der Waals surface area contributed by atoms with Crippen LogP contribution < -0.4 is 5.32 Å². The van der Waals surface area contributed by atoms with E-state index in [1.165, 1.54) is 5.56 Å². The van der Waals surface area contributed by atoms with Gasteiger partial charge in [-0.2, -0.15) is 0 Å². The Kier molecular flexibility index (Phi) is 2.78. The van der Waals surface area contributed by atoms with Crippen molar-refractivity contribution in [2.75, 3.05) is 26.2 Å². The van der Waals surface area contributed by atoms with E-state index in [9.17, 15) is 0 Å². The van der Waals surface area contributed by atoms with Crippen molar-refractivity contribution in [3.05, 3.63) is 29.7 Å². The molecule has 0 atom stereocenters. The van der Waals surface area contributed by atoms with Crippen molar-refractivity contribution in [3.8, 4) is 0 Å². The van der Waals surface area contributed by atoms with Crippen molar-refractivity contribution in [1.29, 1.82) is 0 Å². The molecule has 5 nitrogen and oxygen atoms in total. The zero-order valence-electron chi connectivity index (χ0n) is 10.1. The highest BCUT2D eigenvalue weighted by Crippen LogP contribution is 2.09. The van der Waals surface area contributed by atoms with E-state index >= 15 is 0 Å². The van der Waals surface area contributed by atoms with Gasteiger partial charge < -0.3 is 5.32 Å². The van der Waals surface area contributed by atoms with E-state index in [2.05, 4.69) is 38.7 Å². The SMILES string of the molecule is Cc1nnc2cc(CN3CCNCC3)ccn12. The monoisotopic (exact) mass is 231 g/mol. The molecule has 3 heterocycles. The van der Waals surface area contributed by atoms with Gasteiger partial charge in [0.25, 0.3) is 0 Å². The topological polar surface area (TPSA) is 45.5 Å². The summed E-state index contributed by atoms with van der Waals surface area (Å²) in [5, 5.41) is 11.6. The highest BCUT2D eigenvalue weighted by atomic mass is 15.2. The second-order valence-corrected chi connectivity index (χ2v) is 4.54. The summed E-state index contributed by atoms with van der Waals surface area (Å²) < 4.78 is 2.02. The maximum atomic E-state index is 4.15. The van der Waals surface area contributed by atoms with E-state index in [0.29, 0.717) is 0 Å². The number of rotatable bonds is 2. The molecule has 90 valence electrons. The Morgan fingerprint density at radius 3 is 2.94 bits per heavy atom. The lowest BCUT2D eigenvalue weighted by molar-refractivity contribution is 0.233. The molecule has 1 saturated heterocycles. The number of hydrogen-bond acceptors (Lipinski definition) is 4. The Morgan fingerprint density at radius 1 is 1.29 bits per heavy atom. The van der Waals surface area contributed by atoms with Gasteiger partial charge in [0.15, 0.2) is 5.65 Å². The third-order valence-corrected chi connectivity index (χ3v) is 3.26. The zero-order chi connectivity index (χ0) is 11.7. The molecule has 2 aromatic rings. The number of hydrogen-bond donors (Lipinski definition) is 1. The fourth-order valence-electron chi connectivity index (χ4n) is 2.28. The van der Waals surface area contributed by atoms with Gasteiger partial charge in [0.05, 0.1) is 0 Å². The van der Waals surface area contributed by atoms with Crippen LogP contribution in [0.4, 0.5) is 0 Å². The first-order valence-electron chi connectivity index (χ1n) is 6.06. The maximum Gasteiger partial charge on any atom is 0.161 e. The number of pyridine rings is 1. The Hall–Kier alpha value is -1.46. The lowest BCUT2D eigenvalue weighted by atomic mass is 10.2. The van der Waals surface area contributed by atoms with Gasteiger partial charge in [0.2, 0.25) is 0 Å². The first-order chi connectivity index (χ1) is 8.33. The Morgan fingerprint density at radius 2 is 2.12 bits per heavy atom. The first kappa shape index (κ1) is 10.7. The number of fused-ring (bicyclic) bond motifs is 1. The van der Waals surface area contributed by atoms with E-state index in [0.717, 1.165) is 44.2 Å². The average Bonchev–Trinajstić information content (AvgIpc) is 2.72. The van der Waals surface area contributed by atoms with Crippen LogP contribution >= 0.6 is 0 Å². The molecule has 0 saturated carbocycles. The highest BCUT2D eigenvalue weighted by Gasteiger charge is 2.10. The predicted octanol–water partition coefficient (Wildman–Crippen LogP) is 0.443. The molecule has 1 fully saturated rings. The molecule has 1 aliphatic rings. The van der Waals surface area contributed by atoms with Crippen molar-refractivity contribution in [2.45, 2.75) is 13.5 Å². The van der Waals surface area contributed by atoms with Crippen LogP contribution in [-0.4, -0.2) is 45.7 Å². The molecule has 0 aromatic carbocycles. The second kappa shape index (κ2) is 4.43. The molecule has 0 aliphatic carbocycles. The van der Waals surface area contributed by atoms with Gasteiger partial charge >= 0.3 is 0 Å². The molecule has 0 bridgehead atoms. The van der Waals surface area contributed by atoms with Gasteiger partial charge in [-0.1, -0.05) is 0 Å². The predicted molar refractivity (Wildman–Crippen MR) is 65.9 cm³/mol. The van der Waals surface area contributed by atoms with Crippen LogP contribution in [0.2, 0.25) is 0 Å². The molecule has 1 N–H and O–H groups in total. The molecule has 1 aliphatic heterocycles. The fraction of sp³-hybridized carbons (Fsp3) is 0.500. The summed E-state index contributed by atoms with van der Waals surface area (Å²) in [4.78, 5) is 2.46. The molecule has 17 heavy (non-hydrogen) atoms. The summed E-state index contributed by atoms with van der Waals surface area (Å²) in [5.74, 6) is 0.939. The van der Waals surface area contributed by atoms with Gasteiger partial charge in [0.1, 0.15) is 5.82 Å². The van der Waals surface area contributed by atoms with Crippen LogP contribution in [0.15, 0.2) is 18.3 Å². The van der Waals surface area contributed by atoms with E-state index in [1.807, 2.05) is 11.3 Å². The molecule has 2 aromatic heterocycles. The number of piperazine rings is 1. The summed E-state index contributed by atoms with van der Waals surface area (Å²) in [7, 11) is 0. The summed E-state index contributed by atoms with van der Waals surface area (Å²) in [5.41, 5.74) is 2.25. The maximum absolute atomic E-state index is 4.15. The first-order valence-corrected chi connectivity index (χ1v) is 6.06. The second-order valence-electron chi connectivity index (χ2n) is 4.54.